The highest BCUT2D eigenvalue weighted by Crippen LogP contribution is 2.11. The number of nitrogens with zero attached hydrogens (tertiary/aromatic N) is 5. The molecule has 0 saturated heterocycles. The first-order chi connectivity index (χ1) is 6.81. The Morgan fingerprint density at radius 3 is 3.07 bits per heavy atom. The highest BCUT2D eigenvalue weighted by molar-refractivity contribution is 5.00. The number of rotatable bonds is 3. The van der Waals surface area contributed by atoms with Gasteiger partial charge in [-0.1, -0.05) is 5.21 Å². The summed E-state index contributed by atoms with van der Waals surface area (Å²) in [5.74, 6) is 0.631. The fourth-order valence-electron chi connectivity index (χ4n) is 1.18. The Hall–Kier alpha value is -1.76. The van der Waals surface area contributed by atoms with Gasteiger partial charge in [0.1, 0.15) is 0 Å². The van der Waals surface area contributed by atoms with Gasteiger partial charge in [-0.25, -0.2) is 4.98 Å². The minimum atomic E-state index is 0.0153. The molecule has 7 heteroatoms. The van der Waals surface area contributed by atoms with E-state index in [9.17, 15) is 0 Å². The second-order valence-corrected chi connectivity index (χ2v) is 2.96. The molecule has 0 aliphatic carbocycles. The van der Waals surface area contributed by atoms with Crippen LogP contribution in [0, 0.1) is 0 Å². The van der Waals surface area contributed by atoms with E-state index in [0.717, 1.165) is 5.69 Å². The van der Waals surface area contributed by atoms with Crippen LogP contribution < -0.4 is 5.73 Å². The van der Waals surface area contributed by atoms with E-state index in [1.54, 1.807) is 6.33 Å². The average molecular weight is 193 g/mol. The average Bonchev–Trinajstić information content (AvgIpc) is 2.88. The Morgan fingerprint density at radius 2 is 2.50 bits per heavy atom. The highest BCUT2D eigenvalue weighted by atomic mass is 15.5. The summed E-state index contributed by atoms with van der Waals surface area (Å²) in [6.45, 7) is 2.40. The molecule has 0 aliphatic rings. The number of nitrogens with one attached hydrogen (secondary N) is 1. The Labute approximate surface area is 80.3 Å². The van der Waals surface area contributed by atoms with E-state index in [0.29, 0.717) is 12.4 Å². The van der Waals surface area contributed by atoms with Crippen molar-refractivity contribution in [1.29, 1.82) is 0 Å². The zero-order chi connectivity index (χ0) is 9.97. The van der Waals surface area contributed by atoms with Crippen molar-refractivity contribution in [1.82, 2.24) is 30.2 Å². The van der Waals surface area contributed by atoms with Gasteiger partial charge in [0.15, 0.2) is 5.82 Å². The lowest BCUT2D eigenvalue weighted by atomic mass is 10.3. The molecule has 0 fully saturated rings. The van der Waals surface area contributed by atoms with Gasteiger partial charge < -0.3 is 10.3 Å². The van der Waals surface area contributed by atoms with Gasteiger partial charge >= 0.3 is 0 Å². The maximum absolute atomic E-state index is 5.46. The van der Waals surface area contributed by atoms with Crippen molar-refractivity contribution >= 4 is 0 Å². The van der Waals surface area contributed by atoms with Crippen LogP contribution in [0.15, 0.2) is 12.5 Å². The number of aromatic amines is 1. The number of nitrogens with two attached hydrogens (primary N) is 1. The van der Waals surface area contributed by atoms with Crippen molar-refractivity contribution in [3.63, 3.8) is 0 Å². The third-order valence-corrected chi connectivity index (χ3v) is 2.05. The normalized spacial score (nSPS) is 13.0. The second kappa shape index (κ2) is 3.54. The molecular formula is C7H11N7. The number of aromatic nitrogens is 6. The Balaban J connectivity index is 2.23. The molecule has 0 radical (unpaired) electrons. The summed E-state index contributed by atoms with van der Waals surface area (Å²) < 4.78 is 1.90. The molecule has 2 heterocycles. The van der Waals surface area contributed by atoms with Crippen LogP contribution in [0.25, 0.3) is 0 Å². The summed E-state index contributed by atoms with van der Waals surface area (Å²) in [6.07, 6.45) is 3.59. The van der Waals surface area contributed by atoms with E-state index < -0.39 is 0 Å². The minimum Gasteiger partial charge on any atom is -0.327 e. The molecule has 2 aromatic heterocycles. The summed E-state index contributed by atoms with van der Waals surface area (Å²) in [5, 5.41) is 13.7. The van der Waals surface area contributed by atoms with Crippen molar-refractivity contribution in [3.8, 4) is 0 Å². The zero-order valence-corrected chi connectivity index (χ0v) is 7.75. The number of tetrazole rings is 1. The number of H-pyrrole nitrogens is 1. The number of hydrogen-bond acceptors (Lipinski definition) is 5. The molecule has 1 atom stereocenters. The smallest absolute Gasteiger partial charge is 0.196 e. The van der Waals surface area contributed by atoms with Gasteiger partial charge in [-0.05, 0) is 6.92 Å². The topological polar surface area (TPSA) is 98.3 Å². The van der Waals surface area contributed by atoms with E-state index in [1.165, 1.54) is 0 Å². The minimum absolute atomic E-state index is 0.0153. The maximum atomic E-state index is 5.46. The third kappa shape index (κ3) is 1.49. The molecule has 3 N–H and O–H groups in total. The van der Waals surface area contributed by atoms with Crippen LogP contribution in [0.3, 0.4) is 0 Å². The molecule has 0 bridgehead atoms. The van der Waals surface area contributed by atoms with Crippen molar-refractivity contribution < 1.29 is 0 Å². The largest absolute Gasteiger partial charge is 0.327 e. The molecule has 1 unspecified atom stereocenters. The quantitative estimate of drug-likeness (QED) is 0.682. The molecule has 0 aliphatic heterocycles. The van der Waals surface area contributed by atoms with Crippen LogP contribution in [-0.2, 0) is 6.54 Å². The van der Waals surface area contributed by atoms with Crippen LogP contribution in [0.2, 0.25) is 0 Å². The molecule has 0 aromatic carbocycles. The summed E-state index contributed by atoms with van der Waals surface area (Å²) in [7, 11) is 0. The molecule has 14 heavy (non-hydrogen) atoms. The van der Waals surface area contributed by atoms with Gasteiger partial charge in [0.25, 0.3) is 0 Å². The lowest BCUT2D eigenvalue weighted by Crippen LogP contribution is -2.06. The molecule has 7 nitrogen and oxygen atoms in total. The second-order valence-electron chi connectivity index (χ2n) is 2.96. The van der Waals surface area contributed by atoms with E-state index >= 15 is 0 Å². The first-order valence-corrected chi connectivity index (χ1v) is 4.27. The van der Waals surface area contributed by atoms with Crippen LogP contribution in [-0.4, -0.2) is 30.2 Å². The van der Waals surface area contributed by atoms with Crippen molar-refractivity contribution in [2.75, 3.05) is 0 Å². The van der Waals surface area contributed by atoms with E-state index in [2.05, 4.69) is 25.6 Å². The van der Waals surface area contributed by atoms with E-state index in [4.69, 9.17) is 5.73 Å². The maximum Gasteiger partial charge on any atom is 0.196 e. The summed E-state index contributed by atoms with van der Waals surface area (Å²) in [6, 6.07) is 0.0153. The summed E-state index contributed by atoms with van der Waals surface area (Å²) in [5.41, 5.74) is 6.30. The van der Waals surface area contributed by atoms with Crippen LogP contribution in [0.5, 0.6) is 0 Å². The van der Waals surface area contributed by atoms with Gasteiger partial charge in [-0.2, -0.15) is 5.21 Å². The van der Waals surface area contributed by atoms with Gasteiger partial charge in [0.05, 0.1) is 18.1 Å². The van der Waals surface area contributed by atoms with Crippen LogP contribution in [0.4, 0.5) is 0 Å². The predicted octanol–water partition coefficient (Wildman–Crippen LogP) is -0.536. The van der Waals surface area contributed by atoms with Gasteiger partial charge in [0, 0.05) is 12.7 Å². The van der Waals surface area contributed by atoms with Crippen LogP contribution >= 0.6 is 0 Å². The van der Waals surface area contributed by atoms with E-state index in [-0.39, 0.29) is 6.04 Å². The molecule has 2 rings (SSSR count). The molecular weight excluding hydrogens is 182 g/mol. The fraction of sp³-hybridized carbons (Fsp3) is 0.429. The van der Waals surface area contributed by atoms with Crippen molar-refractivity contribution in [2.45, 2.75) is 19.5 Å². The van der Waals surface area contributed by atoms with Gasteiger partial charge in [-0.15, -0.1) is 10.2 Å². The van der Waals surface area contributed by atoms with Crippen molar-refractivity contribution in [2.24, 2.45) is 5.73 Å². The lowest BCUT2D eigenvalue weighted by molar-refractivity contribution is 0.599. The first-order valence-electron chi connectivity index (χ1n) is 4.27. The van der Waals surface area contributed by atoms with Crippen molar-refractivity contribution in [3.05, 3.63) is 24.0 Å². The Kier molecular flexibility index (Phi) is 2.23. The van der Waals surface area contributed by atoms with Gasteiger partial charge in [-0.3, -0.25) is 0 Å². The Bertz CT molecular complexity index is 390. The molecule has 0 amide bonds. The summed E-state index contributed by atoms with van der Waals surface area (Å²) in [4.78, 5) is 4.12. The molecule has 0 saturated carbocycles. The predicted molar refractivity (Wildman–Crippen MR) is 48.1 cm³/mol. The number of hydrogen-bond donors (Lipinski definition) is 2. The molecule has 0 spiro atoms. The highest BCUT2D eigenvalue weighted by Gasteiger charge is 2.12. The zero-order valence-electron chi connectivity index (χ0n) is 7.75. The third-order valence-electron chi connectivity index (χ3n) is 2.05. The molecule has 2 aromatic rings. The fourth-order valence-corrected chi connectivity index (χ4v) is 1.18. The first kappa shape index (κ1) is 8.82. The molecule has 74 valence electrons. The standard InChI is InChI=1S/C7H11N7/c1-5(7-10-12-13-11-7)14-3-6(2-8)9-4-14/h3-5H,2,8H2,1H3,(H,10,11,12,13). The lowest BCUT2D eigenvalue weighted by Gasteiger charge is -2.06. The van der Waals surface area contributed by atoms with Crippen LogP contribution in [0.1, 0.15) is 24.5 Å². The number of imidazole rings is 1. The monoisotopic (exact) mass is 193 g/mol. The SMILES string of the molecule is CC(c1nn[nH]n1)n1cnc(CN)c1. The van der Waals surface area contributed by atoms with Gasteiger partial charge in [0.2, 0.25) is 0 Å². The van der Waals surface area contributed by atoms with E-state index in [1.807, 2.05) is 17.7 Å². The summed E-state index contributed by atoms with van der Waals surface area (Å²) >= 11 is 0. The Morgan fingerprint density at radius 1 is 1.64 bits per heavy atom.